The number of para-hydroxylation sites is 2. The summed E-state index contributed by atoms with van der Waals surface area (Å²) in [5, 5.41) is 3.02. The average molecular weight is 345 g/mol. The van der Waals surface area contributed by atoms with Gasteiger partial charge in [0.25, 0.3) is 0 Å². The van der Waals surface area contributed by atoms with Crippen LogP contribution < -0.4 is 10.2 Å². The molecule has 136 valence electrons. The Morgan fingerprint density at radius 2 is 1.92 bits per heavy atom. The van der Waals surface area contributed by atoms with Crippen molar-refractivity contribution in [2.24, 2.45) is 0 Å². The molecule has 2 saturated heterocycles. The Kier molecular flexibility index (Phi) is 5.39. The predicted molar refractivity (Wildman–Crippen MR) is 97.7 cm³/mol. The number of ether oxygens (including phenoxy) is 1. The highest BCUT2D eigenvalue weighted by Crippen LogP contribution is 2.29. The number of carbonyl (C=O) groups excluding carboxylic acids is 2. The van der Waals surface area contributed by atoms with E-state index in [-0.39, 0.29) is 30.1 Å². The van der Waals surface area contributed by atoms with Crippen LogP contribution in [0.25, 0.3) is 0 Å². The molecule has 25 heavy (non-hydrogen) atoms. The molecule has 0 bridgehead atoms. The Labute approximate surface area is 149 Å². The third-order valence-corrected chi connectivity index (χ3v) is 4.90. The highest BCUT2D eigenvalue weighted by atomic mass is 16.5. The molecular weight excluding hydrogens is 318 g/mol. The van der Waals surface area contributed by atoms with Crippen molar-refractivity contribution in [3.05, 3.63) is 24.3 Å². The SMILES string of the molecule is C[C@@H]1CN([C@@H](C)C(=O)Nc2ccccc2N2CCCC2=O)C[C@@H](C)O1. The van der Waals surface area contributed by atoms with E-state index in [1.54, 1.807) is 4.90 Å². The minimum Gasteiger partial charge on any atom is -0.373 e. The summed E-state index contributed by atoms with van der Waals surface area (Å²) in [6.45, 7) is 8.17. The van der Waals surface area contributed by atoms with E-state index in [1.807, 2.05) is 45.0 Å². The zero-order valence-electron chi connectivity index (χ0n) is 15.2. The molecule has 3 atom stereocenters. The lowest BCUT2D eigenvalue weighted by Crippen LogP contribution is -2.52. The van der Waals surface area contributed by atoms with Gasteiger partial charge in [0.05, 0.1) is 29.6 Å². The predicted octanol–water partition coefficient (Wildman–Crippen LogP) is 2.25. The average Bonchev–Trinajstić information content (AvgIpc) is 2.99. The maximum atomic E-state index is 12.8. The Morgan fingerprint density at radius 1 is 1.24 bits per heavy atom. The topological polar surface area (TPSA) is 61.9 Å². The van der Waals surface area contributed by atoms with Gasteiger partial charge in [0, 0.05) is 26.1 Å². The molecule has 2 fully saturated rings. The standard InChI is InChI=1S/C19H27N3O3/c1-13-11-21(12-14(2)25-13)15(3)19(24)20-16-7-4-5-8-17(16)22-10-6-9-18(22)23/h4-5,7-8,13-15H,6,9-12H2,1-3H3,(H,20,24)/t13-,14-,15+/m1/s1. The van der Waals surface area contributed by atoms with Gasteiger partial charge in [0.1, 0.15) is 0 Å². The lowest BCUT2D eigenvalue weighted by atomic mass is 10.1. The van der Waals surface area contributed by atoms with E-state index in [2.05, 4.69) is 10.2 Å². The van der Waals surface area contributed by atoms with Crippen molar-refractivity contribution in [2.45, 2.75) is 51.9 Å². The molecule has 0 spiro atoms. The van der Waals surface area contributed by atoms with Gasteiger partial charge in [-0.25, -0.2) is 0 Å². The summed E-state index contributed by atoms with van der Waals surface area (Å²) in [6.07, 6.45) is 1.67. The van der Waals surface area contributed by atoms with Crippen molar-refractivity contribution in [3.8, 4) is 0 Å². The monoisotopic (exact) mass is 345 g/mol. The smallest absolute Gasteiger partial charge is 0.241 e. The Morgan fingerprint density at radius 3 is 2.56 bits per heavy atom. The first kappa shape index (κ1) is 17.9. The van der Waals surface area contributed by atoms with E-state index in [4.69, 9.17) is 4.74 Å². The second-order valence-corrected chi connectivity index (χ2v) is 7.04. The van der Waals surface area contributed by atoms with Gasteiger partial charge in [0.15, 0.2) is 0 Å². The molecule has 1 N–H and O–H groups in total. The van der Waals surface area contributed by atoms with Gasteiger partial charge in [-0.05, 0) is 39.3 Å². The summed E-state index contributed by atoms with van der Waals surface area (Å²) < 4.78 is 5.75. The maximum Gasteiger partial charge on any atom is 0.241 e. The van der Waals surface area contributed by atoms with Crippen molar-refractivity contribution in [2.75, 3.05) is 29.9 Å². The molecule has 2 heterocycles. The quantitative estimate of drug-likeness (QED) is 0.909. The highest BCUT2D eigenvalue weighted by molar-refractivity contribution is 6.03. The molecule has 0 aromatic heterocycles. The van der Waals surface area contributed by atoms with Crippen LogP contribution in [-0.2, 0) is 14.3 Å². The summed E-state index contributed by atoms with van der Waals surface area (Å²) in [6, 6.07) is 7.27. The largest absolute Gasteiger partial charge is 0.373 e. The van der Waals surface area contributed by atoms with Crippen LogP contribution >= 0.6 is 0 Å². The van der Waals surface area contributed by atoms with Crippen LogP contribution in [0.1, 0.15) is 33.6 Å². The van der Waals surface area contributed by atoms with E-state index >= 15 is 0 Å². The van der Waals surface area contributed by atoms with Gasteiger partial charge in [-0.3, -0.25) is 14.5 Å². The van der Waals surface area contributed by atoms with Crippen LogP contribution in [0.3, 0.4) is 0 Å². The molecule has 2 amide bonds. The lowest BCUT2D eigenvalue weighted by molar-refractivity contribution is -0.127. The third kappa shape index (κ3) is 4.02. The summed E-state index contributed by atoms with van der Waals surface area (Å²) in [7, 11) is 0. The van der Waals surface area contributed by atoms with Crippen LogP contribution in [0.15, 0.2) is 24.3 Å². The number of carbonyl (C=O) groups is 2. The number of benzene rings is 1. The second-order valence-electron chi connectivity index (χ2n) is 7.04. The number of hydrogen-bond donors (Lipinski definition) is 1. The van der Waals surface area contributed by atoms with Gasteiger partial charge < -0.3 is 15.0 Å². The number of amides is 2. The van der Waals surface area contributed by atoms with Crippen LogP contribution in [0, 0.1) is 0 Å². The molecular formula is C19H27N3O3. The molecule has 0 aliphatic carbocycles. The van der Waals surface area contributed by atoms with Crippen molar-refractivity contribution < 1.29 is 14.3 Å². The van der Waals surface area contributed by atoms with Crippen LogP contribution in [0.2, 0.25) is 0 Å². The summed E-state index contributed by atoms with van der Waals surface area (Å²) in [4.78, 5) is 28.7. The first-order valence-corrected chi connectivity index (χ1v) is 9.05. The van der Waals surface area contributed by atoms with Gasteiger partial charge >= 0.3 is 0 Å². The zero-order chi connectivity index (χ0) is 18.0. The van der Waals surface area contributed by atoms with Crippen LogP contribution in [-0.4, -0.2) is 54.6 Å². The van der Waals surface area contributed by atoms with Crippen LogP contribution in [0.5, 0.6) is 0 Å². The van der Waals surface area contributed by atoms with E-state index in [0.29, 0.717) is 18.7 Å². The summed E-state index contributed by atoms with van der Waals surface area (Å²) in [5.41, 5.74) is 1.48. The molecule has 2 aliphatic rings. The van der Waals surface area contributed by atoms with Gasteiger partial charge in [-0.15, -0.1) is 0 Å². The fraction of sp³-hybridized carbons (Fsp3) is 0.579. The molecule has 2 aliphatic heterocycles. The number of morpholine rings is 1. The number of anilines is 2. The van der Waals surface area contributed by atoms with Gasteiger partial charge in [-0.2, -0.15) is 0 Å². The molecule has 0 unspecified atom stereocenters. The molecule has 3 rings (SSSR count). The van der Waals surface area contributed by atoms with E-state index in [1.165, 1.54) is 0 Å². The fourth-order valence-electron chi connectivity index (χ4n) is 3.65. The molecule has 1 aromatic carbocycles. The Hall–Kier alpha value is -1.92. The van der Waals surface area contributed by atoms with Gasteiger partial charge in [-0.1, -0.05) is 12.1 Å². The van der Waals surface area contributed by atoms with Crippen molar-refractivity contribution in [1.82, 2.24) is 4.90 Å². The van der Waals surface area contributed by atoms with Crippen molar-refractivity contribution in [3.63, 3.8) is 0 Å². The summed E-state index contributed by atoms with van der Waals surface area (Å²) >= 11 is 0. The normalized spacial score (nSPS) is 25.9. The minimum atomic E-state index is -0.254. The molecule has 6 nitrogen and oxygen atoms in total. The summed E-state index contributed by atoms with van der Waals surface area (Å²) in [5.74, 6) is 0.0611. The van der Waals surface area contributed by atoms with Crippen molar-refractivity contribution in [1.29, 1.82) is 0 Å². The van der Waals surface area contributed by atoms with E-state index in [9.17, 15) is 9.59 Å². The Balaban J connectivity index is 1.71. The number of rotatable bonds is 4. The number of nitrogens with one attached hydrogen (secondary N) is 1. The molecule has 1 aromatic rings. The Bertz CT molecular complexity index is 639. The zero-order valence-corrected chi connectivity index (χ0v) is 15.2. The van der Waals surface area contributed by atoms with E-state index in [0.717, 1.165) is 25.2 Å². The first-order chi connectivity index (χ1) is 12.0. The van der Waals surface area contributed by atoms with Gasteiger partial charge in [0.2, 0.25) is 11.8 Å². The van der Waals surface area contributed by atoms with Crippen molar-refractivity contribution >= 4 is 23.2 Å². The van der Waals surface area contributed by atoms with E-state index < -0.39 is 0 Å². The molecule has 0 saturated carbocycles. The fourth-order valence-corrected chi connectivity index (χ4v) is 3.65. The maximum absolute atomic E-state index is 12.8. The first-order valence-electron chi connectivity index (χ1n) is 9.05. The third-order valence-electron chi connectivity index (χ3n) is 4.90. The highest BCUT2D eigenvalue weighted by Gasteiger charge is 2.30. The van der Waals surface area contributed by atoms with Crippen LogP contribution in [0.4, 0.5) is 11.4 Å². The molecule has 0 radical (unpaired) electrons. The molecule has 6 heteroatoms. The number of hydrogen-bond acceptors (Lipinski definition) is 4. The number of nitrogens with zero attached hydrogens (tertiary/aromatic N) is 2. The lowest BCUT2D eigenvalue weighted by Gasteiger charge is -2.38. The minimum absolute atomic E-state index is 0.0552. The second kappa shape index (κ2) is 7.54.